The van der Waals surface area contributed by atoms with E-state index >= 15 is 0 Å². The van der Waals surface area contributed by atoms with Crippen LogP contribution in [0.1, 0.15) is 17.5 Å². The lowest BCUT2D eigenvalue weighted by Crippen LogP contribution is -2.03. The van der Waals surface area contributed by atoms with Crippen molar-refractivity contribution in [3.05, 3.63) is 70.7 Å². The standard InChI is InChI=1S/C25H26ClN3O2/c1-16-13-19(26)15-22(31-3)23(16)28-25-27-21-11-5-10-20(24(21)29(25)2)18-9-4-7-17(14-18)8-6-12-30/h4-5,7,9-11,13-15,30H,6,8,12H2,1-3H3,(H,27,28). The zero-order valence-corrected chi connectivity index (χ0v) is 18.7. The predicted molar refractivity (Wildman–Crippen MR) is 128 cm³/mol. The van der Waals surface area contributed by atoms with Crippen LogP contribution >= 0.6 is 11.6 Å². The summed E-state index contributed by atoms with van der Waals surface area (Å²) in [6.45, 7) is 2.19. The van der Waals surface area contributed by atoms with Crippen LogP contribution in [0.2, 0.25) is 5.02 Å². The van der Waals surface area contributed by atoms with Gasteiger partial charge in [-0.25, -0.2) is 4.98 Å². The minimum atomic E-state index is 0.199. The van der Waals surface area contributed by atoms with Gasteiger partial charge in [-0.1, -0.05) is 48.0 Å². The molecule has 4 aromatic rings. The molecule has 0 aliphatic heterocycles. The summed E-state index contributed by atoms with van der Waals surface area (Å²) in [5, 5.41) is 13.2. The number of aromatic nitrogens is 2. The van der Waals surface area contributed by atoms with Gasteiger partial charge in [0.15, 0.2) is 0 Å². The van der Waals surface area contributed by atoms with Gasteiger partial charge in [0, 0.05) is 30.3 Å². The van der Waals surface area contributed by atoms with Crippen LogP contribution in [0.5, 0.6) is 5.75 Å². The molecule has 0 aliphatic rings. The number of aryl methyl sites for hydroxylation is 3. The summed E-state index contributed by atoms with van der Waals surface area (Å²) in [6.07, 6.45) is 1.61. The molecule has 0 spiro atoms. The summed E-state index contributed by atoms with van der Waals surface area (Å²) in [7, 11) is 3.64. The summed E-state index contributed by atoms with van der Waals surface area (Å²) >= 11 is 6.19. The molecule has 4 rings (SSSR count). The first-order valence-corrected chi connectivity index (χ1v) is 10.7. The van der Waals surface area contributed by atoms with Crippen LogP contribution < -0.4 is 10.1 Å². The van der Waals surface area contributed by atoms with E-state index in [4.69, 9.17) is 26.4 Å². The number of hydrogen-bond acceptors (Lipinski definition) is 4. The normalized spacial score (nSPS) is 11.1. The molecule has 1 heterocycles. The molecule has 1 aromatic heterocycles. The van der Waals surface area contributed by atoms with Gasteiger partial charge in [-0.15, -0.1) is 0 Å². The first-order chi connectivity index (χ1) is 15.0. The van der Waals surface area contributed by atoms with E-state index in [0.717, 1.165) is 52.2 Å². The van der Waals surface area contributed by atoms with Crippen molar-refractivity contribution in [3.63, 3.8) is 0 Å². The fourth-order valence-corrected chi connectivity index (χ4v) is 4.20. The van der Waals surface area contributed by atoms with E-state index in [1.54, 1.807) is 13.2 Å². The molecule has 31 heavy (non-hydrogen) atoms. The number of fused-ring (bicyclic) bond motifs is 1. The topological polar surface area (TPSA) is 59.3 Å². The monoisotopic (exact) mass is 435 g/mol. The molecule has 0 amide bonds. The summed E-state index contributed by atoms with van der Waals surface area (Å²) in [5.74, 6) is 1.40. The van der Waals surface area contributed by atoms with Crippen LogP contribution in [0.4, 0.5) is 11.6 Å². The number of rotatable bonds is 7. The molecule has 0 saturated heterocycles. The number of methoxy groups -OCH3 is 1. The number of hydrogen-bond donors (Lipinski definition) is 2. The fourth-order valence-electron chi connectivity index (χ4n) is 3.94. The molecule has 5 nitrogen and oxygen atoms in total. The van der Waals surface area contributed by atoms with Gasteiger partial charge in [-0.3, -0.25) is 0 Å². The third-order valence-corrected chi connectivity index (χ3v) is 5.69. The van der Waals surface area contributed by atoms with Crippen molar-refractivity contribution < 1.29 is 9.84 Å². The maximum atomic E-state index is 9.15. The van der Waals surface area contributed by atoms with Crippen LogP contribution in [0.3, 0.4) is 0 Å². The summed E-state index contributed by atoms with van der Waals surface area (Å²) in [6, 6.07) is 18.3. The third-order valence-electron chi connectivity index (χ3n) is 5.48. The van der Waals surface area contributed by atoms with Gasteiger partial charge in [-0.05, 0) is 48.6 Å². The molecular formula is C25H26ClN3O2. The van der Waals surface area contributed by atoms with Crippen LogP contribution in [-0.4, -0.2) is 28.4 Å². The highest BCUT2D eigenvalue weighted by molar-refractivity contribution is 6.31. The minimum Gasteiger partial charge on any atom is -0.495 e. The number of benzene rings is 3. The van der Waals surface area contributed by atoms with Crippen molar-refractivity contribution in [2.75, 3.05) is 19.0 Å². The quantitative estimate of drug-likeness (QED) is 0.380. The van der Waals surface area contributed by atoms with Gasteiger partial charge < -0.3 is 19.7 Å². The Bertz CT molecular complexity index is 1230. The molecule has 0 saturated carbocycles. The van der Waals surface area contributed by atoms with Crippen LogP contribution in [0.25, 0.3) is 22.2 Å². The van der Waals surface area contributed by atoms with Crippen LogP contribution in [0, 0.1) is 6.92 Å². The molecule has 6 heteroatoms. The van der Waals surface area contributed by atoms with Gasteiger partial charge >= 0.3 is 0 Å². The van der Waals surface area contributed by atoms with E-state index in [-0.39, 0.29) is 6.61 Å². The molecule has 0 atom stereocenters. The summed E-state index contributed by atoms with van der Waals surface area (Å²) < 4.78 is 7.60. The number of nitrogens with one attached hydrogen (secondary N) is 1. The van der Waals surface area contributed by atoms with E-state index in [1.807, 2.05) is 32.2 Å². The minimum absolute atomic E-state index is 0.199. The van der Waals surface area contributed by atoms with Crippen LogP contribution in [-0.2, 0) is 13.5 Å². The summed E-state index contributed by atoms with van der Waals surface area (Å²) in [4.78, 5) is 4.83. The number of anilines is 2. The molecule has 3 aromatic carbocycles. The second-order valence-electron chi connectivity index (χ2n) is 7.62. The Hall–Kier alpha value is -3.02. The number of halogens is 1. The lowest BCUT2D eigenvalue weighted by Gasteiger charge is -2.14. The van der Waals surface area contributed by atoms with Crippen molar-refractivity contribution in [3.8, 4) is 16.9 Å². The lowest BCUT2D eigenvalue weighted by molar-refractivity contribution is 0.288. The lowest BCUT2D eigenvalue weighted by atomic mass is 10.00. The zero-order valence-electron chi connectivity index (χ0n) is 17.9. The maximum Gasteiger partial charge on any atom is 0.208 e. The zero-order chi connectivity index (χ0) is 22.0. The highest BCUT2D eigenvalue weighted by Crippen LogP contribution is 2.36. The Morgan fingerprint density at radius 1 is 1.13 bits per heavy atom. The summed E-state index contributed by atoms with van der Waals surface area (Å²) in [5.41, 5.74) is 7.25. The Kier molecular flexibility index (Phi) is 6.16. The van der Waals surface area contributed by atoms with Gasteiger partial charge in [0.1, 0.15) is 5.75 Å². The molecule has 0 radical (unpaired) electrons. The van der Waals surface area contributed by atoms with Gasteiger partial charge in [-0.2, -0.15) is 0 Å². The average Bonchev–Trinajstić information content (AvgIpc) is 3.09. The van der Waals surface area contributed by atoms with Crippen molar-refractivity contribution in [2.24, 2.45) is 7.05 Å². The average molecular weight is 436 g/mol. The van der Waals surface area contributed by atoms with E-state index in [1.165, 1.54) is 5.56 Å². The third kappa shape index (κ3) is 4.24. The molecule has 0 fully saturated rings. The second-order valence-corrected chi connectivity index (χ2v) is 8.06. The first kappa shape index (κ1) is 21.2. The predicted octanol–water partition coefficient (Wildman–Crippen LogP) is 5.88. The number of para-hydroxylation sites is 1. The van der Waals surface area contributed by atoms with E-state index in [9.17, 15) is 0 Å². The smallest absolute Gasteiger partial charge is 0.208 e. The van der Waals surface area contributed by atoms with Crippen molar-refractivity contribution in [2.45, 2.75) is 19.8 Å². The van der Waals surface area contributed by atoms with Crippen molar-refractivity contribution in [1.29, 1.82) is 0 Å². The molecule has 0 aliphatic carbocycles. The molecule has 160 valence electrons. The molecular weight excluding hydrogens is 410 g/mol. The number of aliphatic hydroxyl groups excluding tert-OH is 1. The molecule has 0 bridgehead atoms. The van der Waals surface area contributed by atoms with Gasteiger partial charge in [0.2, 0.25) is 5.95 Å². The SMILES string of the molecule is COc1cc(Cl)cc(C)c1Nc1nc2cccc(-c3cccc(CCCO)c3)c2n1C. The maximum absolute atomic E-state index is 9.15. The van der Waals surface area contributed by atoms with Crippen molar-refractivity contribution >= 4 is 34.3 Å². The number of ether oxygens (including phenoxy) is 1. The number of aliphatic hydroxyl groups is 1. The Balaban J connectivity index is 1.78. The number of nitrogens with zero attached hydrogens (tertiary/aromatic N) is 2. The van der Waals surface area contributed by atoms with E-state index in [2.05, 4.69) is 40.2 Å². The van der Waals surface area contributed by atoms with Crippen LogP contribution in [0.15, 0.2) is 54.6 Å². The first-order valence-electron chi connectivity index (χ1n) is 10.3. The second kappa shape index (κ2) is 9.00. The van der Waals surface area contributed by atoms with E-state index < -0.39 is 0 Å². The Morgan fingerprint density at radius 2 is 1.94 bits per heavy atom. The molecule has 0 unspecified atom stereocenters. The molecule has 2 N–H and O–H groups in total. The fraction of sp³-hybridized carbons (Fsp3) is 0.240. The van der Waals surface area contributed by atoms with E-state index in [0.29, 0.717) is 10.8 Å². The Labute approximate surface area is 187 Å². The highest BCUT2D eigenvalue weighted by Gasteiger charge is 2.16. The highest BCUT2D eigenvalue weighted by atomic mass is 35.5. The largest absolute Gasteiger partial charge is 0.495 e. The van der Waals surface area contributed by atoms with Gasteiger partial charge in [0.25, 0.3) is 0 Å². The number of imidazole rings is 1. The Morgan fingerprint density at radius 3 is 2.71 bits per heavy atom. The van der Waals surface area contributed by atoms with Crippen molar-refractivity contribution in [1.82, 2.24) is 9.55 Å². The van der Waals surface area contributed by atoms with Gasteiger partial charge in [0.05, 0.1) is 23.8 Å².